The topological polar surface area (TPSA) is 135 Å². The minimum absolute atomic E-state index is 0.761. The molecule has 0 fully saturated rings. The highest BCUT2D eigenvalue weighted by Crippen LogP contribution is 2.09. The zero-order valence-electron chi connectivity index (χ0n) is 7.54. The average molecular weight is 240 g/mol. The van der Waals surface area contributed by atoms with Gasteiger partial charge in [-0.05, 0) is 0 Å². The molecular formula is C6H8O8S. The van der Waals surface area contributed by atoms with E-state index in [4.69, 9.17) is 10.2 Å². The molecule has 0 aromatic heterocycles. The van der Waals surface area contributed by atoms with Gasteiger partial charge in [-0.15, -0.1) is 0 Å². The molecule has 0 heterocycles. The average Bonchev–Trinajstić information content (AvgIpc) is 1.96. The van der Waals surface area contributed by atoms with Crippen molar-refractivity contribution < 1.29 is 37.2 Å². The molecule has 15 heavy (non-hydrogen) atoms. The molecule has 0 saturated heterocycles. The fourth-order valence-corrected chi connectivity index (χ4v) is 1.73. The van der Waals surface area contributed by atoms with E-state index in [9.17, 15) is 22.8 Å². The van der Waals surface area contributed by atoms with E-state index in [1.807, 2.05) is 0 Å². The molecule has 0 amide bonds. The van der Waals surface area contributed by atoms with Gasteiger partial charge in [0.2, 0.25) is 5.25 Å². The Kier molecular flexibility index (Phi) is 4.21. The van der Waals surface area contributed by atoms with Gasteiger partial charge in [0.05, 0.1) is 6.42 Å². The third-order valence-electron chi connectivity index (χ3n) is 1.22. The second-order valence-electron chi connectivity index (χ2n) is 2.49. The third kappa shape index (κ3) is 4.40. The first-order chi connectivity index (χ1) is 6.66. The highest BCUT2D eigenvalue weighted by molar-refractivity contribution is 7.88. The Bertz CT molecular complexity index is 380. The Hall–Kier alpha value is -1.64. The quantitative estimate of drug-likeness (QED) is 0.572. The van der Waals surface area contributed by atoms with Gasteiger partial charge in [-0.25, -0.2) is 0 Å². The molecule has 0 saturated carbocycles. The van der Waals surface area contributed by atoms with E-state index in [-0.39, 0.29) is 0 Å². The maximum absolute atomic E-state index is 11.0. The Morgan fingerprint density at radius 2 is 1.73 bits per heavy atom. The van der Waals surface area contributed by atoms with Crippen molar-refractivity contribution in [2.45, 2.75) is 18.6 Å². The van der Waals surface area contributed by atoms with Crippen LogP contribution in [0.4, 0.5) is 0 Å². The summed E-state index contributed by atoms with van der Waals surface area (Å²) in [4.78, 5) is 30.9. The number of hydrogen-bond donors (Lipinski definition) is 2. The lowest BCUT2D eigenvalue weighted by Crippen LogP contribution is -2.34. The van der Waals surface area contributed by atoms with E-state index in [1.165, 1.54) is 0 Å². The fraction of sp³-hybridized carbons (Fsp3) is 0.500. The molecule has 2 N–H and O–H groups in total. The molecule has 1 unspecified atom stereocenters. The van der Waals surface area contributed by atoms with E-state index < -0.39 is 39.7 Å². The van der Waals surface area contributed by atoms with Crippen LogP contribution >= 0.6 is 0 Å². The highest BCUT2D eigenvalue weighted by atomic mass is 32.2. The number of aliphatic carboxylic acids is 2. The molecule has 9 heteroatoms. The van der Waals surface area contributed by atoms with Crippen molar-refractivity contribution in [2.24, 2.45) is 0 Å². The molecule has 0 aliphatic rings. The van der Waals surface area contributed by atoms with Crippen molar-refractivity contribution in [1.29, 1.82) is 0 Å². The molecule has 1 atom stereocenters. The summed E-state index contributed by atoms with van der Waals surface area (Å²) in [6, 6.07) is 0. The molecule has 0 aliphatic heterocycles. The molecule has 86 valence electrons. The Morgan fingerprint density at radius 3 is 2.00 bits per heavy atom. The summed E-state index contributed by atoms with van der Waals surface area (Å²) in [6.45, 7) is 0.761. The van der Waals surface area contributed by atoms with Crippen LogP contribution in [0.1, 0.15) is 13.3 Å². The normalized spacial score (nSPS) is 12.9. The van der Waals surface area contributed by atoms with Crippen molar-refractivity contribution in [3.05, 3.63) is 0 Å². The molecule has 8 nitrogen and oxygen atoms in total. The van der Waals surface area contributed by atoms with Crippen LogP contribution in [-0.4, -0.2) is 41.8 Å². The summed E-state index contributed by atoms with van der Waals surface area (Å²) >= 11 is 0. The van der Waals surface area contributed by atoms with Gasteiger partial charge in [-0.1, -0.05) is 0 Å². The van der Waals surface area contributed by atoms with Gasteiger partial charge >= 0.3 is 28.0 Å². The minimum Gasteiger partial charge on any atom is -0.481 e. The van der Waals surface area contributed by atoms with Crippen LogP contribution in [0.2, 0.25) is 0 Å². The number of carbonyl (C=O) groups is 3. The van der Waals surface area contributed by atoms with Gasteiger partial charge in [-0.3, -0.25) is 14.4 Å². The first kappa shape index (κ1) is 13.4. The molecule has 0 spiro atoms. The van der Waals surface area contributed by atoms with E-state index in [0.29, 0.717) is 0 Å². The summed E-state index contributed by atoms with van der Waals surface area (Å²) < 4.78 is 25.8. The number of carbonyl (C=O) groups excluding carboxylic acids is 1. The Morgan fingerprint density at radius 1 is 1.27 bits per heavy atom. The number of carboxylic acid groups (broad SMARTS) is 2. The van der Waals surface area contributed by atoms with Crippen molar-refractivity contribution in [1.82, 2.24) is 0 Å². The van der Waals surface area contributed by atoms with Gasteiger partial charge in [0.1, 0.15) is 0 Å². The zero-order valence-corrected chi connectivity index (χ0v) is 8.35. The van der Waals surface area contributed by atoms with E-state index in [0.717, 1.165) is 6.92 Å². The van der Waals surface area contributed by atoms with Crippen molar-refractivity contribution in [3.8, 4) is 0 Å². The maximum Gasteiger partial charge on any atom is 0.326 e. The number of rotatable bonds is 5. The number of hydrogen-bond acceptors (Lipinski definition) is 6. The van der Waals surface area contributed by atoms with Crippen molar-refractivity contribution >= 4 is 28.0 Å². The molecule has 0 aromatic rings. The Balaban J connectivity index is 4.99. The largest absolute Gasteiger partial charge is 0.481 e. The molecule has 0 bridgehead atoms. The van der Waals surface area contributed by atoms with Gasteiger partial charge in [-0.2, -0.15) is 8.42 Å². The van der Waals surface area contributed by atoms with E-state index in [1.54, 1.807) is 0 Å². The van der Waals surface area contributed by atoms with Crippen LogP contribution in [0.25, 0.3) is 0 Å². The second kappa shape index (κ2) is 4.73. The van der Waals surface area contributed by atoms with Gasteiger partial charge in [0.25, 0.3) is 0 Å². The smallest absolute Gasteiger partial charge is 0.326 e. The summed E-state index contributed by atoms with van der Waals surface area (Å²) in [5.74, 6) is -4.75. The predicted octanol–water partition coefficient (Wildman–Crippen LogP) is -1.19. The van der Waals surface area contributed by atoms with E-state index >= 15 is 0 Å². The fourth-order valence-electron chi connectivity index (χ4n) is 0.693. The zero-order chi connectivity index (χ0) is 12.2. The summed E-state index contributed by atoms with van der Waals surface area (Å²) in [5, 5.41) is 14.4. The van der Waals surface area contributed by atoms with Crippen LogP contribution < -0.4 is 0 Å². The standard InChI is InChI=1S/C6H8O8S/c1-3(7)14-15(12,13)4(6(10)11)2-5(8)9/h4H,2H2,1H3,(H,8,9)(H,10,11). The van der Waals surface area contributed by atoms with Crippen molar-refractivity contribution in [2.75, 3.05) is 0 Å². The van der Waals surface area contributed by atoms with Crippen LogP contribution in [0.5, 0.6) is 0 Å². The van der Waals surface area contributed by atoms with Crippen LogP contribution in [0.15, 0.2) is 0 Å². The van der Waals surface area contributed by atoms with Gasteiger partial charge in [0, 0.05) is 6.92 Å². The monoisotopic (exact) mass is 240 g/mol. The third-order valence-corrected chi connectivity index (χ3v) is 2.75. The number of carboxylic acids is 2. The van der Waals surface area contributed by atoms with Gasteiger partial charge in [0.15, 0.2) is 0 Å². The molecule has 0 radical (unpaired) electrons. The summed E-state index contributed by atoms with van der Waals surface area (Å²) in [6.07, 6.45) is -1.18. The maximum atomic E-state index is 11.0. The Labute approximate surface area is 84.6 Å². The lowest BCUT2D eigenvalue weighted by atomic mass is 10.3. The molecule has 0 rings (SSSR count). The highest BCUT2D eigenvalue weighted by Gasteiger charge is 2.37. The molecule has 0 aliphatic carbocycles. The lowest BCUT2D eigenvalue weighted by Gasteiger charge is -2.09. The summed E-state index contributed by atoms with van der Waals surface area (Å²) in [5.41, 5.74) is 0. The summed E-state index contributed by atoms with van der Waals surface area (Å²) in [7, 11) is -4.75. The van der Waals surface area contributed by atoms with Crippen LogP contribution in [0.3, 0.4) is 0 Å². The first-order valence-electron chi connectivity index (χ1n) is 3.55. The van der Waals surface area contributed by atoms with Crippen LogP contribution in [-0.2, 0) is 28.7 Å². The van der Waals surface area contributed by atoms with Crippen molar-refractivity contribution in [3.63, 3.8) is 0 Å². The van der Waals surface area contributed by atoms with Crippen LogP contribution in [0, 0.1) is 0 Å². The SMILES string of the molecule is CC(=O)OS(=O)(=O)C(CC(=O)O)C(=O)O. The minimum atomic E-state index is -4.75. The van der Waals surface area contributed by atoms with Gasteiger partial charge < -0.3 is 14.4 Å². The lowest BCUT2D eigenvalue weighted by molar-refractivity contribution is -0.143. The molecule has 0 aromatic carbocycles. The predicted molar refractivity (Wildman–Crippen MR) is 44.4 cm³/mol. The van der Waals surface area contributed by atoms with E-state index in [2.05, 4.69) is 4.18 Å². The second-order valence-corrected chi connectivity index (χ2v) is 4.21. The first-order valence-corrected chi connectivity index (χ1v) is 5.02. The molecular weight excluding hydrogens is 232 g/mol.